The molecule has 4 heterocycles. The van der Waals surface area contributed by atoms with Gasteiger partial charge in [0.05, 0.1) is 6.54 Å². The van der Waals surface area contributed by atoms with E-state index in [0.29, 0.717) is 38.0 Å². The van der Waals surface area contributed by atoms with Gasteiger partial charge in [-0.1, -0.05) is 36.4 Å². The van der Waals surface area contributed by atoms with Crippen molar-refractivity contribution < 1.29 is 23.5 Å². The molecule has 4 aromatic rings. The van der Waals surface area contributed by atoms with Crippen LogP contribution >= 0.6 is 0 Å². The highest BCUT2D eigenvalue weighted by atomic mass is 16.5. The third kappa shape index (κ3) is 6.69. The molecule has 1 saturated heterocycles. The summed E-state index contributed by atoms with van der Waals surface area (Å²) >= 11 is 0. The number of methoxy groups -OCH3 is 1. The second-order valence-corrected chi connectivity index (χ2v) is 11.3. The molecule has 6 rings (SSSR count). The fraction of sp³-hybridized carbons (Fsp3) is 0.412. The van der Waals surface area contributed by atoms with Gasteiger partial charge in [-0.2, -0.15) is 0 Å². The Kier molecular flexibility index (Phi) is 9.21. The smallest absolute Gasteiger partial charge is 0.289 e. The molecule has 2 aromatic carbocycles. The largest absolute Gasteiger partial charge is 0.454 e. The molecule has 2 aromatic heterocycles. The molecule has 9 nitrogen and oxygen atoms in total. The Labute approximate surface area is 252 Å². The summed E-state index contributed by atoms with van der Waals surface area (Å²) in [7, 11) is 1.54. The van der Waals surface area contributed by atoms with Crippen LogP contribution in [0.1, 0.15) is 41.1 Å². The predicted octanol–water partition coefficient (Wildman–Crippen LogP) is 4.79. The molecular formula is C34H40N4O5. The fourth-order valence-electron chi connectivity index (χ4n) is 6.34. The lowest BCUT2D eigenvalue weighted by Gasteiger charge is -2.35. The molecule has 0 saturated carbocycles. The Hall–Kier alpha value is -3.92. The first-order valence-electron chi connectivity index (χ1n) is 15.2. The van der Waals surface area contributed by atoms with E-state index in [9.17, 15) is 9.59 Å². The van der Waals surface area contributed by atoms with Gasteiger partial charge in [0.25, 0.3) is 11.8 Å². The van der Waals surface area contributed by atoms with Crippen LogP contribution in [0, 0.1) is 0 Å². The summed E-state index contributed by atoms with van der Waals surface area (Å²) in [6.07, 6.45) is 4.80. The van der Waals surface area contributed by atoms with Gasteiger partial charge in [-0.3, -0.25) is 14.5 Å². The normalized spacial score (nSPS) is 17.5. The van der Waals surface area contributed by atoms with Crippen molar-refractivity contribution in [2.24, 2.45) is 0 Å². The van der Waals surface area contributed by atoms with Gasteiger partial charge in [0, 0.05) is 76.5 Å². The molecule has 2 aliphatic rings. The first-order valence-corrected chi connectivity index (χ1v) is 15.2. The molecule has 2 aliphatic heterocycles. The fourth-order valence-corrected chi connectivity index (χ4v) is 6.34. The topological polar surface area (TPSA) is 80.4 Å². The number of ether oxygens (including phenoxy) is 2. The summed E-state index contributed by atoms with van der Waals surface area (Å²) < 4.78 is 19.2. The summed E-state index contributed by atoms with van der Waals surface area (Å²) in [5.41, 5.74) is 2.86. The number of nitrogens with zero attached hydrogens (tertiary/aromatic N) is 4. The van der Waals surface area contributed by atoms with Crippen LogP contribution in [0.25, 0.3) is 10.9 Å². The number of hydrogen-bond donors (Lipinski definition) is 0. The van der Waals surface area contributed by atoms with E-state index in [1.165, 1.54) is 5.39 Å². The number of carbonyl (C=O) groups excluding carboxylic acids is 2. The molecule has 0 radical (unpaired) electrons. The van der Waals surface area contributed by atoms with Crippen molar-refractivity contribution in [3.63, 3.8) is 0 Å². The van der Waals surface area contributed by atoms with E-state index < -0.39 is 0 Å². The van der Waals surface area contributed by atoms with Crippen LogP contribution in [0.3, 0.4) is 0 Å². The first kappa shape index (κ1) is 29.2. The van der Waals surface area contributed by atoms with Crippen LogP contribution in [0.2, 0.25) is 0 Å². The molecule has 0 N–H and O–H groups in total. The van der Waals surface area contributed by atoms with Crippen molar-refractivity contribution >= 4 is 28.4 Å². The molecule has 0 bridgehead atoms. The van der Waals surface area contributed by atoms with E-state index in [2.05, 4.69) is 27.7 Å². The number of para-hydroxylation sites is 2. The van der Waals surface area contributed by atoms with Gasteiger partial charge in [0.2, 0.25) is 0 Å². The first-order chi connectivity index (χ1) is 21.1. The number of rotatable bonds is 6. The third-order valence-corrected chi connectivity index (χ3v) is 8.57. The number of hydrogen-bond acceptors (Lipinski definition) is 6. The average Bonchev–Trinajstić information content (AvgIpc) is 3.67. The van der Waals surface area contributed by atoms with Gasteiger partial charge in [0.15, 0.2) is 5.76 Å². The van der Waals surface area contributed by atoms with E-state index in [1.807, 2.05) is 58.5 Å². The van der Waals surface area contributed by atoms with Gasteiger partial charge in [-0.05, 0) is 60.5 Å². The van der Waals surface area contributed by atoms with Gasteiger partial charge >= 0.3 is 0 Å². The van der Waals surface area contributed by atoms with Crippen molar-refractivity contribution in [2.45, 2.75) is 38.4 Å². The molecule has 9 heteroatoms. The second-order valence-electron chi connectivity index (χ2n) is 11.3. The lowest BCUT2D eigenvalue weighted by molar-refractivity contribution is -0.122. The predicted molar refractivity (Wildman–Crippen MR) is 165 cm³/mol. The Morgan fingerprint density at radius 2 is 1.72 bits per heavy atom. The molecule has 1 fully saturated rings. The van der Waals surface area contributed by atoms with E-state index in [-0.39, 0.29) is 18.4 Å². The van der Waals surface area contributed by atoms with Crippen LogP contribution in [0.15, 0.2) is 77.3 Å². The average molecular weight is 585 g/mol. The maximum atomic E-state index is 14.1. The zero-order valence-electron chi connectivity index (χ0n) is 24.8. The Morgan fingerprint density at radius 1 is 0.907 bits per heavy atom. The standard InChI is InChI=1S/C34H40N4O5/c1-41-25-33(39)38-17-6-16-35(28-14-21-42-22-15-28)19-20-37(23-27-8-3-5-10-31(27)38)34(40)32-12-11-29(43-32)24-36-18-13-26-7-2-4-9-30(26)36/h2-5,7-13,18,28H,6,14-17,19-25H2,1H3. The van der Waals surface area contributed by atoms with Gasteiger partial charge in [-0.15, -0.1) is 0 Å². The highest BCUT2D eigenvalue weighted by Crippen LogP contribution is 2.26. The number of anilines is 1. The van der Waals surface area contributed by atoms with Crippen molar-refractivity contribution in [1.29, 1.82) is 0 Å². The van der Waals surface area contributed by atoms with Crippen molar-refractivity contribution in [2.75, 3.05) is 58.0 Å². The minimum atomic E-state index is -0.153. The van der Waals surface area contributed by atoms with Crippen LogP contribution in [-0.2, 0) is 27.4 Å². The minimum absolute atomic E-state index is 0.00646. The maximum absolute atomic E-state index is 14.1. The summed E-state index contributed by atoms with van der Waals surface area (Å²) in [4.78, 5) is 33.5. The molecule has 0 atom stereocenters. The summed E-state index contributed by atoms with van der Waals surface area (Å²) in [5, 5.41) is 1.17. The molecule has 43 heavy (non-hydrogen) atoms. The number of amides is 2. The van der Waals surface area contributed by atoms with Crippen molar-refractivity contribution in [1.82, 2.24) is 14.4 Å². The SMILES string of the molecule is COCC(=O)N1CCCN(C2CCOCC2)CCN(C(=O)c2ccc(Cn3ccc4ccccc43)o2)Cc2ccccc21. The van der Waals surface area contributed by atoms with E-state index >= 15 is 0 Å². The minimum Gasteiger partial charge on any atom is -0.454 e. The van der Waals surface area contributed by atoms with E-state index in [0.717, 1.165) is 68.1 Å². The quantitative estimate of drug-likeness (QED) is 0.324. The van der Waals surface area contributed by atoms with Gasteiger partial charge in [-0.25, -0.2) is 0 Å². The second kappa shape index (κ2) is 13.6. The highest BCUT2D eigenvalue weighted by molar-refractivity contribution is 5.95. The van der Waals surface area contributed by atoms with Crippen LogP contribution in [0.5, 0.6) is 0 Å². The zero-order chi connectivity index (χ0) is 29.6. The maximum Gasteiger partial charge on any atom is 0.289 e. The molecule has 0 aliphatic carbocycles. The van der Waals surface area contributed by atoms with Crippen LogP contribution in [-0.4, -0.2) is 85.3 Å². The summed E-state index contributed by atoms with van der Waals surface area (Å²) in [5.74, 6) is 0.809. The lowest BCUT2D eigenvalue weighted by atomic mass is 10.1. The zero-order valence-corrected chi connectivity index (χ0v) is 24.8. The van der Waals surface area contributed by atoms with Crippen molar-refractivity contribution in [3.8, 4) is 0 Å². The number of benzene rings is 2. The monoisotopic (exact) mass is 584 g/mol. The molecular weight excluding hydrogens is 544 g/mol. The van der Waals surface area contributed by atoms with Crippen LogP contribution < -0.4 is 4.90 Å². The van der Waals surface area contributed by atoms with Gasteiger partial charge in [0.1, 0.15) is 12.4 Å². The molecule has 0 spiro atoms. The molecule has 2 amide bonds. The number of carbonyl (C=O) groups is 2. The number of fused-ring (bicyclic) bond motifs is 2. The molecule has 226 valence electrons. The summed E-state index contributed by atoms with van der Waals surface area (Å²) in [6, 6.07) is 22.2. The highest BCUT2D eigenvalue weighted by Gasteiger charge is 2.28. The Bertz CT molecular complexity index is 1540. The number of furan rings is 1. The van der Waals surface area contributed by atoms with E-state index in [4.69, 9.17) is 13.9 Å². The molecule has 0 unspecified atom stereocenters. The Balaban J connectivity index is 1.28. The van der Waals surface area contributed by atoms with Crippen LogP contribution in [0.4, 0.5) is 5.69 Å². The van der Waals surface area contributed by atoms with Crippen molar-refractivity contribution in [3.05, 3.63) is 90.0 Å². The Morgan fingerprint density at radius 3 is 2.58 bits per heavy atom. The van der Waals surface area contributed by atoms with Gasteiger partial charge < -0.3 is 28.3 Å². The van der Waals surface area contributed by atoms with E-state index in [1.54, 1.807) is 13.2 Å². The summed E-state index contributed by atoms with van der Waals surface area (Å²) in [6.45, 7) is 5.13. The number of aromatic nitrogens is 1. The lowest BCUT2D eigenvalue weighted by Crippen LogP contribution is -2.45. The third-order valence-electron chi connectivity index (χ3n) is 8.57.